The molecule has 1 N–H and O–H groups in total. The maximum absolute atomic E-state index is 13.3. The molecule has 32 heavy (non-hydrogen) atoms. The Morgan fingerprint density at radius 1 is 1.16 bits per heavy atom. The van der Waals surface area contributed by atoms with E-state index in [-0.39, 0.29) is 24.3 Å². The van der Waals surface area contributed by atoms with Gasteiger partial charge >= 0.3 is 5.97 Å². The van der Waals surface area contributed by atoms with Crippen molar-refractivity contribution in [2.75, 3.05) is 12.2 Å². The van der Waals surface area contributed by atoms with Gasteiger partial charge in [0.1, 0.15) is 5.75 Å². The summed E-state index contributed by atoms with van der Waals surface area (Å²) < 4.78 is 5.19. The highest BCUT2D eigenvalue weighted by atomic mass is 32.2. The Balaban J connectivity index is 1.91. The van der Waals surface area contributed by atoms with Crippen molar-refractivity contribution in [3.8, 4) is 5.75 Å². The summed E-state index contributed by atoms with van der Waals surface area (Å²) in [7, 11) is 1.60. The Morgan fingerprint density at radius 2 is 1.88 bits per heavy atom. The van der Waals surface area contributed by atoms with Crippen molar-refractivity contribution in [3.63, 3.8) is 0 Å². The summed E-state index contributed by atoms with van der Waals surface area (Å²) in [5.74, 6) is -0.326. The van der Waals surface area contributed by atoms with Crippen molar-refractivity contribution in [3.05, 3.63) is 53.6 Å². The van der Waals surface area contributed by atoms with Gasteiger partial charge < -0.3 is 14.9 Å². The van der Waals surface area contributed by atoms with Crippen LogP contribution in [0.5, 0.6) is 5.75 Å². The van der Waals surface area contributed by atoms with Gasteiger partial charge in [-0.2, -0.15) is 0 Å². The van der Waals surface area contributed by atoms with Gasteiger partial charge in [-0.15, -0.1) is 16.8 Å². The molecule has 1 unspecified atom stereocenters. The molecule has 1 aliphatic heterocycles. The fraction of sp³-hybridized carbons (Fsp3) is 0.375. The first-order valence-corrected chi connectivity index (χ1v) is 11.5. The van der Waals surface area contributed by atoms with Crippen molar-refractivity contribution in [2.24, 2.45) is 0 Å². The third-order valence-corrected chi connectivity index (χ3v) is 6.08. The molecule has 1 atom stereocenters. The van der Waals surface area contributed by atoms with Crippen molar-refractivity contribution in [1.29, 1.82) is 0 Å². The molecule has 1 aliphatic rings. The molecule has 8 heteroatoms. The smallest absolute Gasteiger partial charge is 0.333 e. The van der Waals surface area contributed by atoms with Gasteiger partial charge in [0.05, 0.1) is 18.0 Å². The van der Waals surface area contributed by atoms with Crippen LogP contribution in [0.4, 0.5) is 5.69 Å². The fourth-order valence-corrected chi connectivity index (χ4v) is 4.45. The summed E-state index contributed by atoms with van der Waals surface area (Å²) in [6, 6.07) is 12.6. The van der Waals surface area contributed by atoms with Gasteiger partial charge in [0.15, 0.2) is 0 Å². The highest BCUT2D eigenvalue weighted by Gasteiger charge is 2.37. The molecule has 2 amide bonds. The number of amides is 2. The van der Waals surface area contributed by atoms with Gasteiger partial charge in [0, 0.05) is 22.9 Å². The molecule has 2 aromatic carbocycles. The highest BCUT2D eigenvalue weighted by Crippen LogP contribution is 2.41. The van der Waals surface area contributed by atoms with E-state index in [0.29, 0.717) is 24.1 Å². The molecule has 0 radical (unpaired) electrons. The van der Waals surface area contributed by atoms with E-state index in [1.54, 1.807) is 25.3 Å². The Hall–Kier alpha value is -3.00. The maximum atomic E-state index is 13.3. The third kappa shape index (κ3) is 5.62. The molecule has 170 valence electrons. The lowest BCUT2D eigenvalue weighted by Gasteiger charge is -2.32. The monoisotopic (exact) mass is 456 g/mol. The number of benzene rings is 2. The minimum Gasteiger partial charge on any atom is -0.497 e. The van der Waals surface area contributed by atoms with Crippen LogP contribution < -0.4 is 15.1 Å². The number of carbonyl (C=O) groups is 3. The summed E-state index contributed by atoms with van der Waals surface area (Å²) in [5.41, 5.74) is 1.77. The maximum Gasteiger partial charge on any atom is 0.333 e. The molecular weight excluding hydrogens is 428 g/mol. The van der Waals surface area contributed by atoms with E-state index in [0.717, 1.165) is 21.3 Å². The summed E-state index contributed by atoms with van der Waals surface area (Å²) in [6.45, 7) is 5.61. The zero-order chi connectivity index (χ0) is 23.3. The van der Waals surface area contributed by atoms with Crippen molar-refractivity contribution in [2.45, 2.75) is 56.2 Å². The molecule has 0 saturated carbocycles. The largest absolute Gasteiger partial charge is 0.497 e. The number of fused-ring (bicyclic) bond motifs is 1. The first-order valence-electron chi connectivity index (χ1n) is 10.6. The van der Waals surface area contributed by atoms with Crippen LogP contribution in [0.1, 0.15) is 49.5 Å². The number of nitrogens with zero attached hydrogens (tertiary/aromatic N) is 1. The normalized spacial score (nSPS) is 15.3. The van der Waals surface area contributed by atoms with Crippen molar-refractivity contribution in [1.82, 2.24) is 5.32 Å². The quantitative estimate of drug-likeness (QED) is 0.643. The lowest BCUT2D eigenvalue weighted by Crippen LogP contribution is -2.43. The first-order chi connectivity index (χ1) is 15.3. The van der Waals surface area contributed by atoms with E-state index in [4.69, 9.17) is 9.57 Å². The Morgan fingerprint density at radius 3 is 2.50 bits per heavy atom. The van der Waals surface area contributed by atoms with Crippen molar-refractivity contribution >= 4 is 35.2 Å². The van der Waals surface area contributed by atoms with Crippen LogP contribution in [-0.4, -0.2) is 36.2 Å². The Labute approximate surface area is 192 Å². The number of rotatable bonds is 8. The van der Waals surface area contributed by atoms with Gasteiger partial charge in [0.25, 0.3) is 11.8 Å². The molecule has 2 aromatic rings. The van der Waals surface area contributed by atoms with Gasteiger partial charge in [0.2, 0.25) is 0 Å². The molecule has 7 nitrogen and oxygen atoms in total. The van der Waals surface area contributed by atoms with Crippen LogP contribution in [0, 0.1) is 0 Å². The predicted molar refractivity (Wildman–Crippen MR) is 124 cm³/mol. The number of carbonyl (C=O) groups excluding carboxylic acids is 3. The zero-order valence-electron chi connectivity index (χ0n) is 18.7. The van der Waals surface area contributed by atoms with E-state index in [1.165, 1.54) is 11.8 Å². The SMILES string of the molecule is CCCC(=O)ON1C(=O)C(Cc2ccc(OC)cc2)Sc2ccc(C(=O)NC(C)C)cc21. The second-order valence-corrected chi connectivity index (χ2v) is 9.06. The third-order valence-electron chi connectivity index (χ3n) is 4.83. The number of hydrogen-bond donors (Lipinski definition) is 1. The average Bonchev–Trinajstić information content (AvgIpc) is 2.76. The molecule has 1 heterocycles. The fourth-order valence-electron chi connectivity index (χ4n) is 3.27. The summed E-state index contributed by atoms with van der Waals surface area (Å²) in [5, 5.41) is 3.42. The lowest BCUT2D eigenvalue weighted by molar-refractivity contribution is -0.150. The highest BCUT2D eigenvalue weighted by molar-refractivity contribution is 8.01. The average molecular weight is 457 g/mol. The summed E-state index contributed by atoms with van der Waals surface area (Å²) >= 11 is 1.40. The van der Waals surface area contributed by atoms with E-state index in [2.05, 4.69) is 5.32 Å². The van der Waals surface area contributed by atoms with Gasteiger partial charge in [-0.3, -0.25) is 9.59 Å². The predicted octanol–water partition coefficient (Wildman–Crippen LogP) is 4.14. The summed E-state index contributed by atoms with van der Waals surface area (Å²) in [4.78, 5) is 44.3. The zero-order valence-corrected chi connectivity index (χ0v) is 19.5. The number of thioether (sulfide) groups is 1. The molecular formula is C24H28N2O5S. The minimum atomic E-state index is -0.487. The molecule has 0 aliphatic carbocycles. The number of anilines is 1. The molecule has 3 rings (SSSR count). The molecule has 0 bridgehead atoms. The van der Waals surface area contributed by atoms with Crippen LogP contribution in [-0.2, 0) is 20.8 Å². The van der Waals surface area contributed by atoms with E-state index >= 15 is 0 Å². The van der Waals surface area contributed by atoms with Gasteiger partial charge in [-0.05, 0) is 62.6 Å². The second-order valence-electron chi connectivity index (χ2n) is 7.82. The Bertz CT molecular complexity index is 990. The van der Waals surface area contributed by atoms with Crippen LogP contribution in [0.15, 0.2) is 47.4 Å². The molecule has 0 aromatic heterocycles. The number of hydroxylamine groups is 1. The molecule has 0 saturated heterocycles. The number of ether oxygens (including phenoxy) is 1. The Kier molecular flexibility index (Phi) is 7.80. The van der Waals surface area contributed by atoms with Crippen LogP contribution in [0.2, 0.25) is 0 Å². The van der Waals surface area contributed by atoms with E-state index in [1.807, 2.05) is 45.0 Å². The standard InChI is InChI=1S/C24H28N2O5S/c1-5-6-22(27)31-26-19-14-17(23(28)25-15(2)3)9-12-20(19)32-21(24(26)29)13-16-7-10-18(30-4)11-8-16/h7-12,14-15,21H,5-6,13H2,1-4H3,(H,25,28). The lowest BCUT2D eigenvalue weighted by atomic mass is 10.1. The molecule has 0 fully saturated rings. The molecule has 0 spiro atoms. The summed E-state index contributed by atoms with van der Waals surface area (Å²) in [6.07, 6.45) is 1.27. The van der Waals surface area contributed by atoms with Crippen LogP contribution in [0.25, 0.3) is 0 Å². The van der Waals surface area contributed by atoms with Crippen LogP contribution in [0.3, 0.4) is 0 Å². The van der Waals surface area contributed by atoms with Crippen LogP contribution >= 0.6 is 11.8 Å². The van der Waals surface area contributed by atoms with E-state index < -0.39 is 11.2 Å². The van der Waals surface area contributed by atoms with E-state index in [9.17, 15) is 14.4 Å². The second kappa shape index (κ2) is 10.5. The number of nitrogens with one attached hydrogen (secondary N) is 1. The number of hydrogen-bond acceptors (Lipinski definition) is 6. The number of methoxy groups -OCH3 is 1. The van der Waals surface area contributed by atoms with Gasteiger partial charge in [-0.25, -0.2) is 4.79 Å². The topological polar surface area (TPSA) is 84.9 Å². The first kappa shape index (κ1) is 23.7. The van der Waals surface area contributed by atoms with Crippen molar-refractivity contribution < 1.29 is 24.0 Å². The minimum absolute atomic E-state index is 0.0260. The van der Waals surface area contributed by atoms with Gasteiger partial charge in [-0.1, -0.05) is 19.1 Å².